The monoisotopic (exact) mass is 385 g/mol. The van der Waals surface area contributed by atoms with Crippen molar-refractivity contribution in [2.75, 3.05) is 36.4 Å². The number of carbonyl (C=O) groups is 1. The van der Waals surface area contributed by atoms with E-state index in [2.05, 4.69) is 15.3 Å². The predicted molar refractivity (Wildman–Crippen MR) is 91.3 cm³/mol. The maximum Gasteiger partial charge on any atom is 0.418 e. The zero-order valence-corrected chi connectivity index (χ0v) is 14.3. The van der Waals surface area contributed by atoms with Crippen molar-refractivity contribution in [3.63, 3.8) is 0 Å². The third-order valence-electron chi connectivity index (χ3n) is 3.98. The lowest BCUT2D eigenvalue weighted by atomic mass is 10.1. The first-order valence-electron chi connectivity index (χ1n) is 7.79. The van der Waals surface area contributed by atoms with E-state index >= 15 is 0 Å². The van der Waals surface area contributed by atoms with E-state index in [4.69, 9.17) is 11.6 Å². The van der Waals surface area contributed by atoms with E-state index in [0.29, 0.717) is 37.1 Å². The number of hydrogen-bond donors (Lipinski definition) is 1. The zero-order chi connectivity index (χ0) is 18.7. The number of anilines is 2. The average molecular weight is 386 g/mol. The normalized spacial score (nSPS) is 15.1. The molecule has 6 nitrogen and oxygen atoms in total. The Morgan fingerprint density at radius 1 is 1.12 bits per heavy atom. The van der Waals surface area contributed by atoms with Gasteiger partial charge in [0, 0.05) is 32.2 Å². The molecule has 2 amide bonds. The van der Waals surface area contributed by atoms with Crippen LogP contribution in [0.4, 0.5) is 29.5 Å². The van der Waals surface area contributed by atoms with Gasteiger partial charge in [-0.05, 0) is 12.1 Å². The Kier molecular flexibility index (Phi) is 5.17. The number of alkyl halides is 3. The molecule has 1 fully saturated rings. The minimum absolute atomic E-state index is 0.255. The SMILES string of the molecule is O=C(Nc1ccccc1C(F)(F)F)N1CCN(c2cc(Cl)ncn2)CC1. The molecule has 1 aliphatic rings. The number of piperazine rings is 1. The Bertz CT molecular complexity index is 793. The summed E-state index contributed by atoms with van der Waals surface area (Å²) in [5.41, 5.74) is -1.13. The third-order valence-corrected chi connectivity index (χ3v) is 4.19. The summed E-state index contributed by atoms with van der Waals surface area (Å²) >= 11 is 5.84. The molecule has 1 aliphatic heterocycles. The summed E-state index contributed by atoms with van der Waals surface area (Å²) in [5, 5.41) is 2.67. The number of carbonyl (C=O) groups excluding carboxylic acids is 1. The summed E-state index contributed by atoms with van der Waals surface area (Å²) in [6.45, 7) is 1.67. The minimum Gasteiger partial charge on any atom is -0.353 e. The maximum absolute atomic E-state index is 13.0. The van der Waals surface area contributed by atoms with Gasteiger partial charge in [0.2, 0.25) is 0 Å². The van der Waals surface area contributed by atoms with Gasteiger partial charge in [-0.3, -0.25) is 0 Å². The Labute approximate surface area is 152 Å². The van der Waals surface area contributed by atoms with Gasteiger partial charge in [-0.15, -0.1) is 0 Å². The predicted octanol–water partition coefficient (Wildman–Crippen LogP) is 3.50. The van der Waals surface area contributed by atoms with E-state index in [-0.39, 0.29) is 5.69 Å². The molecule has 2 heterocycles. The molecule has 0 unspecified atom stereocenters. The number of nitrogens with one attached hydrogen (secondary N) is 1. The van der Waals surface area contributed by atoms with Crippen LogP contribution < -0.4 is 10.2 Å². The van der Waals surface area contributed by atoms with Crippen molar-refractivity contribution in [2.45, 2.75) is 6.18 Å². The number of para-hydroxylation sites is 1. The fourth-order valence-corrected chi connectivity index (χ4v) is 2.81. The highest BCUT2D eigenvalue weighted by Crippen LogP contribution is 2.34. The first-order valence-corrected chi connectivity index (χ1v) is 8.17. The standard InChI is InChI=1S/C16H15ClF3N5O/c17-13-9-14(22-10-21-13)24-5-7-25(8-6-24)15(26)23-12-4-2-1-3-11(12)16(18,19)20/h1-4,9-10H,5-8H2,(H,23,26). The van der Waals surface area contributed by atoms with Crippen molar-refractivity contribution in [1.82, 2.24) is 14.9 Å². The van der Waals surface area contributed by atoms with E-state index in [1.807, 2.05) is 4.90 Å². The second kappa shape index (κ2) is 7.36. The van der Waals surface area contributed by atoms with Gasteiger partial charge >= 0.3 is 12.2 Å². The minimum atomic E-state index is -4.53. The van der Waals surface area contributed by atoms with Gasteiger partial charge in [-0.2, -0.15) is 13.2 Å². The molecule has 10 heteroatoms. The van der Waals surface area contributed by atoms with Gasteiger partial charge in [0.15, 0.2) is 0 Å². The molecule has 3 rings (SSSR count). The lowest BCUT2D eigenvalue weighted by molar-refractivity contribution is -0.136. The Morgan fingerprint density at radius 2 is 1.81 bits per heavy atom. The smallest absolute Gasteiger partial charge is 0.353 e. The third kappa shape index (κ3) is 4.16. The molecule has 0 atom stereocenters. The molecule has 2 aromatic rings. The van der Waals surface area contributed by atoms with Gasteiger partial charge < -0.3 is 15.1 Å². The molecule has 0 aliphatic carbocycles. The Morgan fingerprint density at radius 3 is 2.46 bits per heavy atom. The molecule has 0 saturated carbocycles. The molecule has 1 N–H and O–H groups in total. The van der Waals surface area contributed by atoms with Crippen LogP contribution in [0, 0.1) is 0 Å². The van der Waals surface area contributed by atoms with Crippen molar-refractivity contribution in [1.29, 1.82) is 0 Å². The zero-order valence-electron chi connectivity index (χ0n) is 13.5. The fourth-order valence-electron chi connectivity index (χ4n) is 2.67. The summed E-state index contributed by atoms with van der Waals surface area (Å²) in [4.78, 5) is 23.7. The second-order valence-corrected chi connectivity index (χ2v) is 6.03. The molecular weight excluding hydrogens is 371 g/mol. The Balaban J connectivity index is 1.63. The summed E-state index contributed by atoms with van der Waals surface area (Å²) in [7, 11) is 0. The second-order valence-electron chi connectivity index (χ2n) is 5.65. The number of amides is 2. The van der Waals surface area contributed by atoms with Gasteiger partial charge in [0.25, 0.3) is 0 Å². The van der Waals surface area contributed by atoms with Crippen LogP contribution in [0.2, 0.25) is 5.15 Å². The average Bonchev–Trinajstić information content (AvgIpc) is 2.61. The number of halogens is 4. The summed E-state index contributed by atoms with van der Waals surface area (Å²) in [5.74, 6) is 0.646. The van der Waals surface area contributed by atoms with Gasteiger partial charge in [0.05, 0.1) is 11.3 Å². The quantitative estimate of drug-likeness (QED) is 0.804. The van der Waals surface area contributed by atoms with E-state index in [1.54, 1.807) is 6.07 Å². The van der Waals surface area contributed by atoms with Crippen molar-refractivity contribution in [2.24, 2.45) is 0 Å². The summed E-state index contributed by atoms with van der Waals surface area (Å²) in [6, 6.07) is 5.96. The molecule has 1 saturated heterocycles. The molecule has 1 aromatic heterocycles. The lowest BCUT2D eigenvalue weighted by Gasteiger charge is -2.35. The van der Waals surface area contributed by atoms with Crippen LogP contribution in [0.1, 0.15) is 5.56 Å². The van der Waals surface area contributed by atoms with E-state index in [0.717, 1.165) is 6.07 Å². The van der Waals surface area contributed by atoms with Crippen LogP contribution in [0.3, 0.4) is 0 Å². The molecule has 26 heavy (non-hydrogen) atoms. The largest absolute Gasteiger partial charge is 0.418 e. The van der Waals surface area contributed by atoms with Gasteiger partial charge in [-0.25, -0.2) is 14.8 Å². The molecule has 138 valence electrons. The van der Waals surface area contributed by atoms with Crippen LogP contribution in [0.5, 0.6) is 0 Å². The first kappa shape index (κ1) is 18.2. The van der Waals surface area contributed by atoms with Gasteiger partial charge in [-0.1, -0.05) is 23.7 Å². The molecular formula is C16H15ClF3N5O. The number of hydrogen-bond acceptors (Lipinski definition) is 4. The van der Waals surface area contributed by atoms with Crippen LogP contribution >= 0.6 is 11.6 Å². The van der Waals surface area contributed by atoms with Crippen LogP contribution in [-0.2, 0) is 6.18 Å². The fraction of sp³-hybridized carbons (Fsp3) is 0.312. The van der Waals surface area contributed by atoms with Crippen molar-refractivity contribution in [3.05, 3.63) is 47.4 Å². The summed E-state index contributed by atoms with van der Waals surface area (Å²) < 4.78 is 39.1. The molecule has 0 radical (unpaired) electrons. The highest BCUT2D eigenvalue weighted by Gasteiger charge is 2.34. The van der Waals surface area contributed by atoms with Crippen LogP contribution in [0.25, 0.3) is 0 Å². The molecule has 0 spiro atoms. The highest BCUT2D eigenvalue weighted by molar-refractivity contribution is 6.29. The first-order chi connectivity index (χ1) is 12.3. The Hall–Kier alpha value is -2.55. The van der Waals surface area contributed by atoms with E-state index < -0.39 is 17.8 Å². The number of benzene rings is 1. The maximum atomic E-state index is 13.0. The van der Waals surface area contributed by atoms with Crippen molar-refractivity contribution < 1.29 is 18.0 Å². The van der Waals surface area contributed by atoms with E-state index in [9.17, 15) is 18.0 Å². The van der Waals surface area contributed by atoms with Crippen LogP contribution in [-0.4, -0.2) is 47.1 Å². The van der Waals surface area contributed by atoms with Gasteiger partial charge in [0.1, 0.15) is 17.3 Å². The lowest BCUT2D eigenvalue weighted by Crippen LogP contribution is -2.50. The number of rotatable bonds is 2. The van der Waals surface area contributed by atoms with E-state index in [1.165, 1.54) is 29.4 Å². The molecule has 0 bridgehead atoms. The number of urea groups is 1. The molecule has 1 aromatic carbocycles. The summed E-state index contributed by atoms with van der Waals surface area (Å²) in [6.07, 6.45) is -3.18. The van der Waals surface area contributed by atoms with Crippen molar-refractivity contribution in [3.8, 4) is 0 Å². The highest BCUT2D eigenvalue weighted by atomic mass is 35.5. The number of nitrogens with zero attached hydrogens (tertiary/aromatic N) is 4. The van der Waals surface area contributed by atoms with Crippen LogP contribution in [0.15, 0.2) is 36.7 Å². The topological polar surface area (TPSA) is 61.4 Å². The number of aromatic nitrogens is 2. The van der Waals surface area contributed by atoms with Crippen molar-refractivity contribution >= 4 is 29.1 Å².